The van der Waals surface area contributed by atoms with Crippen LogP contribution in [0.1, 0.15) is 11.6 Å². The van der Waals surface area contributed by atoms with E-state index in [9.17, 15) is 18.3 Å². The third kappa shape index (κ3) is 3.16. The largest absolute Gasteiger partial charge is 0.505 e. The lowest BCUT2D eigenvalue weighted by atomic mass is 10.0. The predicted molar refractivity (Wildman–Crippen MR) is 59.3 cm³/mol. The number of hydrogen-bond donors (Lipinski definition) is 3. The van der Waals surface area contributed by atoms with Crippen molar-refractivity contribution < 1.29 is 23.4 Å². The molecule has 0 saturated carbocycles. The third-order valence-corrected chi connectivity index (χ3v) is 2.42. The molecule has 0 bridgehead atoms. The Balaban J connectivity index is 0.00000256. The first kappa shape index (κ1) is 16.3. The van der Waals surface area contributed by atoms with Crippen LogP contribution in [-0.2, 0) is 0 Å². The van der Waals surface area contributed by atoms with E-state index in [0.29, 0.717) is 0 Å². The van der Waals surface area contributed by atoms with Gasteiger partial charge in [0.1, 0.15) is 12.6 Å². The molecule has 1 aromatic carbocycles. The van der Waals surface area contributed by atoms with Crippen molar-refractivity contribution >= 4 is 24.0 Å². The monoisotopic (exact) mass is 291 g/mol. The number of nitrogens with two attached hydrogens (primary N) is 1. The molecule has 0 aromatic heterocycles. The van der Waals surface area contributed by atoms with Crippen LogP contribution in [0.5, 0.6) is 5.75 Å². The van der Waals surface area contributed by atoms with Crippen LogP contribution >= 0.6 is 24.0 Å². The van der Waals surface area contributed by atoms with Crippen molar-refractivity contribution in [2.45, 2.75) is 12.0 Å². The Morgan fingerprint density at radius 3 is 2.41 bits per heavy atom. The van der Waals surface area contributed by atoms with Crippen molar-refractivity contribution in [3.05, 3.63) is 28.5 Å². The summed E-state index contributed by atoms with van der Waals surface area (Å²) < 4.78 is 39.1. The van der Waals surface area contributed by atoms with Gasteiger partial charge in [0.25, 0.3) is 5.92 Å². The number of phenolic OH excluding ortho intramolecular Hbond substituents is 1. The minimum absolute atomic E-state index is 0. The molecule has 0 aliphatic carbocycles. The standard InChI is InChI=1S/C9H9ClF3NO2.ClH/c10-4-1-2-5(11)7(16)6(4)8(14)9(12,13)3-15;/h1-2,8,15-16H,3,14H2;1H/t8-;/m1./s1. The molecular weight excluding hydrogens is 282 g/mol. The Kier molecular flexibility index (Phi) is 5.54. The van der Waals surface area contributed by atoms with Gasteiger partial charge in [0.2, 0.25) is 0 Å². The maximum atomic E-state index is 13.1. The molecule has 8 heteroatoms. The van der Waals surface area contributed by atoms with Gasteiger partial charge in [-0.2, -0.15) is 0 Å². The highest BCUT2D eigenvalue weighted by molar-refractivity contribution is 6.31. The van der Waals surface area contributed by atoms with Crippen LogP contribution in [0.25, 0.3) is 0 Å². The summed E-state index contributed by atoms with van der Waals surface area (Å²) in [6.07, 6.45) is 0. The second-order valence-corrected chi connectivity index (χ2v) is 3.60. The van der Waals surface area contributed by atoms with E-state index in [2.05, 4.69) is 0 Å². The zero-order chi connectivity index (χ0) is 12.5. The molecule has 0 heterocycles. The van der Waals surface area contributed by atoms with Gasteiger partial charge in [0, 0.05) is 10.6 Å². The Morgan fingerprint density at radius 1 is 1.41 bits per heavy atom. The summed E-state index contributed by atoms with van der Waals surface area (Å²) in [6, 6.07) is -0.259. The highest BCUT2D eigenvalue weighted by atomic mass is 35.5. The molecule has 0 aliphatic heterocycles. The summed E-state index contributed by atoms with van der Waals surface area (Å²) in [7, 11) is 0. The molecule has 17 heavy (non-hydrogen) atoms. The minimum atomic E-state index is -3.70. The Morgan fingerprint density at radius 2 is 1.94 bits per heavy atom. The zero-order valence-corrected chi connectivity index (χ0v) is 9.90. The number of aliphatic hydroxyl groups is 1. The van der Waals surface area contributed by atoms with E-state index in [1.165, 1.54) is 0 Å². The summed E-state index contributed by atoms with van der Waals surface area (Å²) in [5, 5.41) is 17.4. The van der Waals surface area contributed by atoms with E-state index in [1.54, 1.807) is 0 Å². The Labute approximate surface area is 106 Å². The van der Waals surface area contributed by atoms with E-state index < -0.39 is 35.7 Å². The average Bonchev–Trinajstić information content (AvgIpc) is 2.24. The second-order valence-electron chi connectivity index (χ2n) is 3.19. The molecule has 0 spiro atoms. The second kappa shape index (κ2) is 5.77. The summed E-state index contributed by atoms with van der Waals surface area (Å²) in [5.41, 5.74) is 4.51. The molecular formula is C9H10Cl2F3NO2. The molecule has 1 rings (SSSR count). The van der Waals surface area contributed by atoms with E-state index in [4.69, 9.17) is 22.4 Å². The summed E-state index contributed by atoms with van der Waals surface area (Å²) in [6.45, 7) is -1.53. The number of hydrogen-bond acceptors (Lipinski definition) is 3. The van der Waals surface area contributed by atoms with Crippen LogP contribution in [-0.4, -0.2) is 22.7 Å². The zero-order valence-electron chi connectivity index (χ0n) is 8.33. The van der Waals surface area contributed by atoms with Crippen LogP contribution in [0, 0.1) is 5.82 Å². The lowest BCUT2D eigenvalue weighted by Gasteiger charge is -2.23. The molecule has 0 fully saturated rings. The van der Waals surface area contributed by atoms with E-state index in [1.807, 2.05) is 0 Å². The molecule has 0 amide bonds. The highest BCUT2D eigenvalue weighted by Gasteiger charge is 2.40. The van der Waals surface area contributed by atoms with Gasteiger partial charge in [-0.3, -0.25) is 0 Å². The number of alkyl halides is 2. The van der Waals surface area contributed by atoms with Gasteiger partial charge >= 0.3 is 0 Å². The summed E-state index contributed by atoms with van der Waals surface area (Å²) in [4.78, 5) is 0. The summed E-state index contributed by atoms with van der Waals surface area (Å²) >= 11 is 5.54. The van der Waals surface area contributed by atoms with Crippen LogP contribution in [0.4, 0.5) is 13.2 Å². The van der Waals surface area contributed by atoms with Crippen molar-refractivity contribution in [3.63, 3.8) is 0 Å². The molecule has 0 radical (unpaired) electrons. The number of aliphatic hydroxyl groups excluding tert-OH is 1. The lowest BCUT2D eigenvalue weighted by Crippen LogP contribution is -2.36. The Bertz CT molecular complexity index is 404. The number of halogens is 5. The third-order valence-electron chi connectivity index (χ3n) is 2.09. The van der Waals surface area contributed by atoms with Crippen molar-refractivity contribution in [3.8, 4) is 5.75 Å². The van der Waals surface area contributed by atoms with Gasteiger partial charge < -0.3 is 15.9 Å². The number of rotatable bonds is 3. The van der Waals surface area contributed by atoms with Crippen molar-refractivity contribution in [1.82, 2.24) is 0 Å². The van der Waals surface area contributed by atoms with Crippen molar-refractivity contribution in [2.75, 3.05) is 6.61 Å². The smallest absolute Gasteiger partial charge is 0.289 e. The highest BCUT2D eigenvalue weighted by Crippen LogP contribution is 2.39. The van der Waals surface area contributed by atoms with Gasteiger partial charge in [-0.05, 0) is 12.1 Å². The van der Waals surface area contributed by atoms with Gasteiger partial charge in [-0.15, -0.1) is 12.4 Å². The van der Waals surface area contributed by atoms with Gasteiger partial charge in [0.15, 0.2) is 11.6 Å². The SMILES string of the molecule is Cl.N[C@H](c1c(Cl)ccc(F)c1O)C(F)(F)CO. The molecule has 1 atom stereocenters. The molecule has 0 aliphatic rings. The van der Waals surface area contributed by atoms with E-state index in [0.717, 1.165) is 12.1 Å². The average molecular weight is 292 g/mol. The fourth-order valence-corrected chi connectivity index (χ4v) is 1.43. The normalized spacial score (nSPS) is 13.1. The number of phenols is 1. The Hall–Kier alpha value is -0.690. The molecule has 1 aromatic rings. The summed E-state index contributed by atoms with van der Waals surface area (Å²) in [5.74, 6) is -5.84. The molecule has 98 valence electrons. The predicted octanol–water partition coefficient (Wildman–Crippen LogP) is 2.23. The van der Waals surface area contributed by atoms with Gasteiger partial charge in [0.05, 0.1) is 0 Å². The first-order chi connectivity index (χ1) is 7.31. The first-order valence-corrected chi connectivity index (χ1v) is 4.60. The van der Waals surface area contributed by atoms with E-state index >= 15 is 0 Å². The fourth-order valence-electron chi connectivity index (χ4n) is 1.16. The molecule has 0 saturated heterocycles. The van der Waals surface area contributed by atoms with Crippen LogP contribution < -0.4 is 5.73 Å². The van der Waals surface area contributed by atoms with Gasteiger partial charge in [-0.25, -0.2) is 13.2 Å². The molecule has 0 unspecified atom stereocenters. The fraction of sp³-hybridized carbons (Fsp3) is 0.333. The van der Waals surface area contributed by atoms with E-state index in [-0.39, 0.29) is 17.4 Å². The molecule has 3 nitrogen and oxygen atoms in total. The van der Waals surface area contributed by atoms with Crippen LogP contribution in [0.3, 0.4) is 0 Å². The number of aromatic hydroxyl groups is 1. The maximum Gasteiger partial charge on any atom is 0.289 e. The topological polar surface area (TPSA) is 66.5 Å². The quantitative estimate of drug-likeness (QED) is 0.800. The number of benzene rings is 1. The lowest BCUT2D eigenvalue weighted by molar-refractivity contribution is -0.0716. The van der Waals surface area contributed by atoms with Crippen molar-refractivity contribution in [1.29, 1.82) is 0 Å². The minimum Gasteiger partial charge on any atom is -0.505 e. The van der Waals surface area contributed by atoms with Crippen LogP contribution in [0.15, 0.2) is 12.1 Å². The first-order valence-electron chi connectivity index (χ1n) is 4.22. The van der Waals surface area contributed by atoms with Crippen LogP contribution in [0.2, 0.25) is 5.02 Å². The molecule has 4 N–H and O–H groups in total. The van der Waals surface area contributed by atoms with Crippen molar-refractivity contribution in [2.24, 2.45) is 5.73 Å². The maximum absolute atomic E-state index is 13.1. The van der Waals surface area contributed by atoms with Gasteiger partial charge in [-0.1, -0.05) is 11.6 Å².